The maximum atomic E-state index is 12.3. The zero-order valence-corrected chi connectivity index (χ0v) is 14.5. The number of carbonyl (C=O) groups excluding carboxylic acids is 3. The predicted molar refractivity (Wildman–Crippen MR) is 96.9 cm³/mol. The first-order chi connectivity index (χ1) is 13.1. The van der Waals surface area contributed by atoms with E-state index in [0.717, 1.165) is 22.3 Å². The van der Waals surface area contributed by atoms with Crippen LogP contribution in [0.3, 0.4) is 0 Å². The van der Waals surface area contributed by atoms with Gasteiger partial charge in [0.15, 0.2) is 0 Å². The van der Waals surface area contributed by atoms with Crippen LogP contribution in [0.5, 0.6) is 0 Å². The molecule has 6 heteroatoms. The van der Waals surface area contributed by atoms with Gasteiger partial charge in [0.25, 0.3) is 11.8 Å². The molecule has 0 saturated carbocycles. The first-order valence-corrected chi connectivity index (χ1v) is 8.71. The van der Waals surface area contributed by atoms with Gasteiger partial charge in [0.1, 0.15) is 6.10 Å². The van der Waals surface area contributed by atoms with Crippen LogP contribution >= 0.6 is 0 Å². The Bertz CT molecular complexity index is 933. The summed E-state index contributed by atoms with van der Waals surface area (Å²) in [5.41, 5.74) is 3.82. The lowest BCUT2D eigenvalue weighted by atomic mass is 9.91. The van der Waals surface area contributed by atoms with Crippen molar-refractivity contribution in [2.45, 2.75) is 25.4 Å². The summed E-state index contributed by atoms with van der Waals surface area (Å²) < 4.78 is 5.53. The fourth-order valence-corrected chi connectivity index (χ4v) is 3.30. The highest BCUT2D eigenvalue weighted by molar-refractivity contribution is 6.01. The van der Waals surface area contributed by atoms with Crippen molar-refractivity contribution < 1.29 is 24.0 Å². The average molecular weight is 363 g/mol. The summed E-state index contributed by atoms with van der Waals surface area (Å²) in [7, 11) is 0. The SMILES string of the molecule is O=C(OC1Cc2ccccc2/C=C\c2ccccc21)ON1C(=O)CCC1=O. The van der Waals surface area contributed by atoms with E-state index in [1.54, 1.807) is 0 Å². The molecule has 0 aromatic heterocycles. The van der Waals surface area contributed by atoms with E-state index in [0.29, 0.717) is 11.5 Å². The summed E-state index contributed by atoms with van der Waals surface area (Å²) in [4.78, 5) is 40.4. The lowest BCUT2D eigenvalue weighted by molar-refractivity contribution is -0.178. The molecule has 27 heavy (non-hydrogen) atoms. The molecule has 1 aliphatic carbocycles. The summed E-state index contributed by atoms with van der Waals surface area (Å²) in [6.07, 6.45) is 2.86. The molecule has 2 aromatic rings. The molecular formula is C21H17NO5. The molecule has 136 valence electrons. The van der Waals surface area contributed by atoms with Crippen LogP contribution in [0.1, 0.15) is 41.2 Å². The highest BCUT2D eigenvalue weighted by Crippen LogP contribution is 2.31. The van der Waals surface area contributed by atoms with Gasteiger partial charge in [-0.3, -0.25) is 14.4 Å². The fourth-order valence-electron chi connectivity index (χ4n) is 3.30. The van der Waals surface area contributed by atoms with Crippen LogP contribution in [-0.4, -0.2) is 23.0 Å². The predicted octanol–water partition coefficient (Wildman–Crippen LogP) is 3.67. The van der Waals surface area contributed by atoms with Crippen molar-refractivity contribution in [2.75, 3.05) is 0 Å². The zero-order chi connectivity index (χ0) is 18.8. The molecule has 4 rings (SSSR count). The average Bonchev–Trinajstić information content (AvgIpc) is 2.97. The molecule has 1 atom stereocenters. The smallest absolute Gasteiger partial charge is 0.424 e. The molecule has 2 aromatic carbocycles. The second-order valence-electron chi connectivity index (χ2n) is 6.39. The first kappa shape index (κ1) is 17.0. The van der Waals surface area contributed by atoms with Crippen LogP contribution in [-0.2, 0) is 25.6 Å². The maximum absolute atomic E-state index is 12.3. The third kappa shape index (κ3) is 3.46. The van der Waals surface area contributed by atoms with Gasteiger partial charge in [-0.15, -0.1) is 0 Å². The van der Waals surface area contributed by atoms with Crippen molar-refractivity contribution in [1.29, 1.82) is 0 Å². The number of nitrogens with zero attached hydrogens (tertiary/aromatic N) is 1. The molecule has 1 fully saturated rings. The van der Waals surface area contributed by atoms with Crippen LogP contribution in [0.25, 0.3) is 12.2 Å². The number of hydrogen-bond acceptors (Lipinski definition) is 5. The quantitative estimate of drug-likeness (QED) is 0.601. The van der Waals surface area contributed by atoms with Crippen molar-refractivity contribution in [2.24, 2.45) is 0 Å². The molecular weight excluding hydrogens is 346 g/mol. The Morgan fingerprint density at radius 1 is 0.889 bits per heavy atom. The number of fused-ring (bicyclic) bond motifs is 2. The van der Waals surface area contributed by atoms with Crippen LogP contribution in [0.4, 0.5) is 4.79 Å². The van der Waals surface area contributed by atoms with Crippen LogP contribution in [0.15, 0.2) is 48.5 Å². The fraction of sp³-hybridized carbons (Fsp3) is 0.190. The molecule has 6 nitrogen and oxygen atoms in total. The molecule has 2 aliphatic rings. The topological polar surface area (TPSA) is 72.9 Å². The van der Waals surface area contributed by atoms with E-state index in [1.807, 2.05) is 60.7 Å². The van der Waals surface area contributed by atoms with E-state index >= 15 is 0 Å². The minimum Gasteiger partial charge on any atom is -0.424 e. The standard InChI is InChI=1S/C21H17NO5/c23-19-11-12-20(24)22(19)27-21(25)26-18-13-16-7-2-1-5-14(16)9-10-15-6-3-4-8-17(15)18/h1-10,18H,11-13H2/b10-9-. The third-order valence-corrected chi connectivity index (χ3v) is 4.66. The Morgan fingerprint density at radius 3 is 2.30 bits per heavy atom. The van der Waals surface area contributed by atoms with E-state index in [-0.39, 0.29) is 12.8 Å². The number of rotatable bonds is 2. The van der Waals surface area contributed by atoms with Gasteiger partial charge >= 0.3 is 6.16 Å². The van der Waals surface area contributed by atoms with Crippen molar-refractivity contribution in [3.05, 3.63) is 70.8 Å². The van der Waals surface area contributed by atoms with Crippen LogP contribution in [0, 0.1) is 0 Å². The number of amides is 2. The Kier molecular flexibility index (Phi) is 4.46. The Balaban J connectivity index is 1.61. The first-order valence-electron chi connectivity index (χ1n) is 8.71. The molecule has 0 spiro atoms. The molecule has 1 heterocycles. The van der Waals surface area contributed by atoms with E-state index in [4.69, 9.17) is 9.57 Å². The molecule has 2 amide bonds. The molecule has 1 aliphatic heterocycles. The third-order valence-electron chi connectivity index (χ3n) is 4.66. The monoisotopic (exact) mass is 363 g/mol. The Morgan fingerprint density at radius 2 is 1.52 bits per heavy atom. The summed E-state index contributed by atoms with van der Waals surface area (Å²) in [5, 5.41) is 0.491. The lowest BCUT2D eigenvalue weighted by Crippen LogP contribution is -2.33. The lowest BCUT2D eigenvalue weighted by Gasteiger charge is -2.23. The van der Waals surface area contributed by atoms with Gasteiger partial charge in [-0.2, -0.15) is 0 Å². The van der Waals surface area contributed by atoms with Gasteiger partial charge < -0.3 is 4.74 Å². The molecule has 1 unspecified atom stereocenters. The van der Waals surface area contributed by atoms with Gasteiger partial charge in [0, 0.05) is 24.8 Å². The molecule has 1 saturated heterocycles. The second kappa shape index (κ2) is 7.07. The zero-order valence-electron chi connectivity index (χ0n) is 14.5. The van der Waals surface area contributed by atoms with Gasteiger partial charge in [-0.05, 0) is 16.7 Å². The Labute approximate surface area is 155 Å². The van der Waals surface area contributed by atoms with E-state index in [9.17, 15) is 14.4 Å². The normalized spacial score (nSPS) is 19.6. The Hall–Kier alpha value is -3.41. The summed E-state index contributed by atoms with van der Waals surface area (Å²) in [6, 6.07) is 15.5. The highest BCUT2D eigenvalue weighted by Gasteiger charge is 2.34. The minimum atomic E-state index is -1.07. The molecule has 0 bridgehead atoms. The summed E-state index contributed by atoms with van der Waals surface area (Å²) >= 11 is 0. The number of imide groups is 1. The maximum Gasteiger partial charge on any atom is 0.534 e. The number of benzene rings is 2. The highest BCUT2D eigenvalue weighted by atomic mass is 16.8. The van der Waals surface area contributed by atoms with Crippen LogP contribution in [0.2, 0.25) is 0 Å². The number of hydroxylamine groups is 2. The summed E-state index contributed by atoms with van der Waals surface area (Å²) in [6.45, 7) is 0. The van der Waals surface area contributed by atoms with Gasteiger partial charge in [0.2, 0.25) is 0 Å². The van der Waals surface area contributed by atoms with Crippen molar-refractivity contribution in [3.8, 4) is 0 Å². The second-order valence-corrected chi connectivity index (χ2v) is 6.39. The van der Waals surface area contributed by atoms with E-state index < -0.39 is 24.1 Å². The van der Waals surface area contributed by atoms with Crippen molar-refractivity contribution in [3.63, 3.8) is 0 Å². The van der Waals surface area contributed by atoms with Gasteiger partial charge in [0.05, 0.1) is 0 Å². The van der Waals surface area contributed by atoms with Gasteiger partial charge in [-0.25, -0.2) is 4.79 Å². The molecule has 0 N–H and O–H groups in total. The number of carbonyl (C=O) groups is 3. The van der Waals surface area contributed by atoms with E-state index in [1.165, 1.54) is 0 Å². The largest absolute Gasteiger partial charge is 0.534 e. The minimum absolute atomic E-state index is 0.0382. The number of hydrogen-bond donors (Lipinski definition) is 0. The van der Waals surface area contributed by atoms with Gasteiger partial charge in [-0.1, -0.05) is 65.7 Å². The number of ether oxygens (including phenoxy) is 1. The molecule has 0 radical (unpaired) electrons. The van der Waals surface area contributed by atoms with Crippen molar-refractivity contribution in [1.82, 2.24) is 5.06 Å². The van der Waals surface area contributed by atoms with Crippen molar-refractivity contribution >= 4 is 30.1 Å². The van der Waals surface area contributed by atoms with Crippen LogP contribution < -0.4 is 0 Å². The summed E-state index contributed by atoms with van der Waals surface area (Å²) in [5.74, 6) is -1.08. The van der Waals surface area contributed by atoms with E-state index in [2.05, 4.69) is 0 Å².